The molecule has 0 bridgehead atoms. The fraction of sp³-hybridized carbons (Fsp3) is 0.417. The smallest absolute Gasteiger partial charge is 0.161 e. The summed E-state index contributed by atoms with van der Waals surface area (Å²) in [5.41, 5.74) is 1.00. The first-order valence-electron chi connectivity index (χ1n) is 5.17. The normalized spacial score (nSPS) is 24.8. The van der Waals surface area contributed by atoms with Crippen molar-refractivity contribution in [3.8, 4) is 0 Å². The number of allylic oxidation sites excluding steroid dienone is 1. The first kappa shape index (κ1) is 11.1. The van der Waals surface area contributed by atoms with Crippen molar-refractivity contribution in [3.05, 3.63) is 26.4 Å². The Bertz CT molecular complexity index is 406. The van der Waals surface area contributed by atoms with Gasteiger partial charge in [0.1, 0.15) is 0 Å². The Morgan fingerprint density at radius 3 is 3.00 bits per heavy atom. The van der Waals surface area contributed by atoms with Crippen LogP contribution in [0.2, 0.25) is 0 Å². The number of rotatable bonds is 1. The lowest BCUT2D eigenvalue weighted by molar-refractivity contribution is -0.119. The molecule has 1 saturated carbocycles. The monoisotopic (exact) mass is 284 g/mol. The van der Waals surface area contributed by atoms with Crippen molar-refractivity contribution in [2.45, 2.75) is 26.2 Å². The summed E-state index contributed by atoms with van der Waals surface area (Å²) in [6.07, 6.45) is 5.18. The van der Waals surface area contributed by atoms with Gasteiger partial charge in [-0.15, -0.1) is 11.3 Å². The minimum absolute atomic E-state index is 0.216. The number of carbonyl (C=O) groups excluding carboxylic acids is 1. The average Bonchev–Trinajstić information content (AvgIpc) is 2.59. The predicted octanol–water partition coefficient (Wildman–Crippen LogP) is 4.28. The van der Waals surface area contributed by atoms with Crippen LogP contribution in [0.3, 0.4) is 0 Å². The minimum atomic E-state index is 0.216. The molecular formula is C12H13BrOS. The Labute approximate surface area is 102 Å². The van der Waals surface area contributed by atoms with Gasteiger partial charge >= 0.3 is 0 Å². The second kappa shape index (κ2) is 4.62. The van der Waals surface area contributed by atoms with Crippen LogP contribution in [0.1, 0.15) is 31.1 Å². The van der Waals surface area contributed by atoms with Crippen molar-refractivity contribution in [1.29, 1.82) is 0 Å². The summed E-state index contributed by atoms with van der Waals surface area (Å²) < 4.78 is 1.12. The maximum Gasteiger partial charge on any atom is 0.161 e. The highest BCUT2D eigenvalue weighted by Gasteiger charge is 2.22. The van der Waals surface area contributed by atoms with Gasteiger partial charge in [-0.05, 0) is 59.0 Å². The van der Waals surface area contributed by atoms with E-state index in [1.165, 1.54) is 4.88 Å². The summed E-state index contributed by atoms with van der Waals surface area (Å²) in [7, 11) is 0. The van der Waals surface area contributed by atoms with E-state index in [4.69, 9.17) is 0 Å². The van der Waals surface area contributed by atoms with Crippen LogP contribution < -0.4 is 0 Å². The molecule has 1 aromatic rings. The Morgan fingerprint density at radius 1 is 1.53 bits per heavy atom. The molecule has 1 nitrogen and oxygen atoms in total. The molecule has 0 radical (unpaired) electrons. The van der Waals surface area contributed by atoms with Crippen molar-refractivity contribution in [2.24, 2.45) is 5.92 Å². The van der Waals surface area contributed by atoms with Crippen LogP contribution in [0, 0.1) is 5.92 Å². The number of Topliss-reactive ketones (excluding diaryl/α,β-unsaturated/α-hetero) is 1. The quantitative estimate of drug-likeness (QED) is 0.704. The van der Waals surface area contributed by atoms with E-state index in [2.05, 4.69) is 15.9 Å². The molecule has 0 spiro atoms. The predicted molar refractivity (Wildman–Crippen MR) is 68.0 cm³/mol. The van der Waals surface area contributed by atoms with Crippen molar-refractivity contribution >= 4 is 39.1 Å². The van der Waals surface area contributed by atoms with Crippen molar-refractivity contribution in [3.63, 3.8) is 0 Å². The molecule has 0 aliphatic heterocycles. The summed E-state index contributed by atoms with van der Waals surface area (Å²) in [5.74, 6) is 0.555. The summed E-state index contributed by atoms with van der Waals surface area (Å²) in [5, 5.41) is 0. The molecule has 0 amide bonds. The summed E-state index contributed by atoms with van der Waals surface area (Å²) in [4.78, 5) is 13.0. The number of ketones is 1. The molecule has 80 valence electrons. The molecule has 2 rings (SSSR count). The van der Waals surface area contributed by atoms with Gasteiger partial charge in [-0.25, -0.2) is 0 Å². The van der Waals surface area contributed by atoms with Crippen LogP contribution in [0.5, 0.6) is 0 Å². The van der Waals surface area contributed by atoms with Crippen LogP contribution in [0.15, 0.2) is 21.5 Å². The highest BCUT2D eigenvalue weighted by Crippen LogP contribution is 2.29. The molecule has 1 atom stereocenters. The maximum atomic E-state index is 11.9. The lowest BCUT2D eigenvalue weighted by atomic mass is 9.85. The van der Waals surface area contributed by atoms with E-state index < -0.39 is 0 Å². The Hall–Kier alpha value is -0.410. The Morgan fingerprint density at radius 2 is 2.33 bits per heavy atom. The third-order valence-corrected chi connectivity index (χ3v) is 4.33. The molecule has 1 fully saturated rings. The second-order valence-corrected chi connectivity index (χ2v) is 6.46. The van der Waals surface area contributed by atoms with Gasteiger partial charge in [0.05, 0.1) is 3.79 Å². The highest BCUT2D eigenvalue weighted by atomic mass is 79.9. The van der Waals surface area contributed by atoms with Crippen LogP contribution in [0.4, 0.5) is 0 Å². The molecule has 1 aromatic heterocycles. The molecule has 3 heteroatoms. The second-order valence-electron chi connectivity index (χ2n) is 3.97. The van der Waals surface area contributed by atoms with Crippen LogP contribution in [-0.4, -0.2) is 5.78 Å². The number of thiophene rings is 1. The van der Waals surface area contributed by atoms with Crippen molar-refractivity contribution < 1.29 is 4.79 Å². The zero-order valence-corrected chi connectivity index (χ0v) is 11.0. The van der Waals surface area contributed by atoms with Gasteiger partial charge in [-0.1, -0.05) is 6.92 Å². The minimum Gasteiger partial charge on any atom is -0.294 e. The fourth-order valence-corrected chi connectivity index (χ4v) is 3.28. The topological polar surface area (TPSA) is 17.1 Å². The molecule has 1 aliphatic rings. The Kier molecular flexibility index (Phi) is 3.42. The molecule has 0 saturated heterocycles. The molecule has 15 heavy (non-hydrogen) atoms. The van der Waals surface area contributed by atoms with E-state index in [1.807, 2.05) is 25.1 Å². The van der Waals surface area contributed by atoms with E-state index in [0.29, 0.717) is 5.78 Å². The molecule has 1 heterocycles. The van der Waals surface area contributed by atoms with Gasteiger partial charge in [0.15, 0.2) is 5.78 Å². The van der Waals surface area contributed by atoms with Crippen molar-refractivity contribution in [1.82, 2.24) is 0 Å². The average molecular weight is 285 g/mol. The van der Waals surface area contributed by atoms with E-state index in [1.54, 1.807) is 11.3 Å². The van der Waals surface area contributed by atoms with E-state index in [9.17, 15) is 4.79 Å². The number of carbonyl (C=O) groups is 1. The summed E-state index contributed by atoms with van der Waals surface area (Å²) in [6, 6.07) is 4.07. The number of hydrogen-bond acceptors (Lipinski definition) is 2. The fourth-order valence-electron chi connectivity index (χ4n) is 1.89. The SMILES string of the molecule is C[C@@H]1CCCC(=Cc2ccc(Br)s2)C1=O. The van der Waals surface area contributed by atoms with Crippen LogP contribution in [-0.2, 0) is 4.79 Å². The van der Waals surface area contributed by atoms with E-state index in [0.717, 1.165) is 28.6 Å². The molecular weight excluding hydrogens is 272 g/mol. The number of hydrogen-bond donors (Lipinski definition) is 0. The molecule has 0 aromatic carbocycles. The van der Waals surface area contributed by atoms with Crippen LogP contribution >= 0.6 is 27.3 Å². The van der Waals surface area contributed by atoms with Gasteiger partial charge in [0, 0.05) is 10.8 Å². The number of halogens is 1. The van der Waals surface area contributed by atoms with Gasteiger partial charge in [0.2, 0.25) is 0 Å². The summed E-state index contributed by atoms with van der Waals surface area (Å²) >= 11 is 5.10. The summed E-state index contributed by atoms with van der Waals surface area (Å²) in [6.45, 7) is 2.03. The van der Waals surface area contributed by atoms with Gasteiger partial charge in [-0.3, -0.25) is 4.79 Å². The first-order valence-corrected chi connectivity index (χ1v) is 6.78. The zero-order valence-electron chi connectivity index (χ0n) is 8.63. The van der Waals surface area contributed by atoms with Crippen LogP contribution in [0.25, 0.3) is 6.08 Å². The van der Waals surface area contributed by atoms with Gasteiger partial charge < -0.3 is 0 Å². The first-order chi connectivity index (χ1) is 7.16. The molecule has 1 aliphatic carbocycles. The largest absolute Gasteiger partial charge is 0.294 e. The lowest BCUT2D eigenvalue weighted by Gasteiger charge is -2.18. The van der Waals surface area contributed by atoms with E-state index >= 15 is 0 Å². The molecule has 0 unspecified atom stereocenters. The third-order valence-electron chi connectivity index (χ3n) is 2.76. The Balaban J connectivity index is 2.22. The van der Waals surface area contributed by atoms with E-state index in [-0.39, 0.29) is 5.92 Å². The van der Waals surface area contributed by atoms with Gasteiger partial charge in [0.25, 0.3) is 0 Å². The lowest BCUT2D eigenvalue weighted by Crippen LogP contribution is -2.18. The van der Waals surface area contributed by atoms with Crippen molar-refractivity contribution in [2.75, 3.05) is 0 Å². The standard InChI is InChI=1S/C12H13BrOS/c1-8-3-2-4-9(12(8)14)7-10-5-6-11(13)15-10/h5-8H,2-4H2,1H3/t8-/m1/s1. The van der Waals surface area contributed by atoms with Gasteiger partial charge in [-0.2, -0.15) is 0 Å². The zero-order chi connectivity index (χ0) is 10.8. The maximum absolute atomic E-state index is 11.9. The highest BCUT2D eigenvalue weighted by molar-refractivity contribution is 9.11. The third kappa shape index (κ3) is 2.58. The molecule has 0 N–H and O–H groups in total.